The zero-order valence-electron chi connectivity index (χ0n) is 13.0. The molecule has 2 aromatic rings. The minimum absolute atomic E-state index is 0.783. The number of fused-ring (bicyclic) bond motifs is 1. The van der Waals surface area contributed by atoms with Crippen LogP contribution in [0.4, 0.5) is 0 Å². The molecule has 0 aromatic heterocycles. The van der Waals surface area contributed by atoms with Gasteiger partial charge < -0.3 is 4.90 Å². The lowest BCUT2D eigenvalue weighted by Gasteiger charge is -2.33. The summed E-state index contributed by atoms with van der Waals surface area (Å²) in [5.41, 5.74) is 5.73. The summed E-state index contributed by atoms with van der Waals surface area (Å²) in [7, 11) is 0. The molecule has 1 nitrogen and oxygen atoms in total. The normalized spacial score (nSPS) is 20.8. The molecule has 2 aliphatic rings. The average molecular weight is 289 g/mol. The van der Waals surface area contributed by atoms with E-state index in [1.807, 2.05) is 0 Å². The van der Waals surface area contributed by atoms with Gasteiger partial charge in [0.2, 0.25) is 0 Å². The molecule has 112 valence electrons. The molecule has 22 heavy (non-hydrogen) atoms. The van der Waals surface area contributed by atoms with E-state index in [-0.39, 0.29) is 0 Å². The fourth-order valence-electron chi connectivity index (χ4n) is 4.08. The first kappa shape index (κ1) is 13.6. The zero-order valence-corrected chi connectivity index (χ0v) is 13.0. The number of nitrogens with zero attached hydrogens (tertiary/aromatic N) is 1. The van der Waals surface area contributed by atoms with Crippen molar-refractivity contribution < 1.29 is 0 Å². The SMILES string of the molecule is c1ccc(C(=C2CCC3CCCCN23)c2ccccc2)cc1. The van der Waals surface area contributed by atoms with Crippen molar-refractivity contribution in [1.82, 2.24) is 4.90 Å². The maximum Gasteiger partial charge on any atom is 0.0290 e. The Kier molecular flexibility index (Phi) is 3.72. The molecule has 0 saturated carbocycles. The van der Waals surface area contributed by atoms with Crippen molar-refractivity contribution in [3.8, 4) is 0 Å². The highest BCUT2D eigenvalue weighted by Gasteiger charge is 2.32. The Balaban J connectivity index is 1.86. The first-order valence-corrected chi connectivity index (χ1v) is 8.54. The van der Waals surface area contributed by atoms with E-state index < -0.39 is 0 Å². The van der Waals surface area contributed by atoms with Crippen LogP contribution in [0.15, 0.2) is 66.4 Å². The third-order valence-corrected chi connectivity index (χ3v) is 5.10. The number of hydrogen-bond donors (Lipinski definition) is 0. The van der Waals surface area contributed by atoms with Gasteiger partial charge in [-0.25, -0.2) is 0 Å². The highest BCUT2D eigenvalue weighted by molar-refractivity contribution is 5.82. The number of allylic oxidation sites excluding steroid dienone is 1. The maximum atomic E-state index is 2.71. The predicted molar refractivity (Wildman–Crippen MR) is 92.5 cm³/mol. The molecule has 2 saturated heterocycles. The van der Waals surface area contributed by atoms with E-state index in [9.17, 15) is 0 Å². The van der Waals surface area contributed by atoms with Gasteiger partial charge in [0.15, 0.2) is 0 Å². The molecule has 4 rings (SSSR count). The minimum Gasteiger partial charge on any atom is -0.371 e. The number of piperidine rings is 1. The van der Waals surface area contributed by atoms with Gasteiger partial charge >= 0.3 is 0 Å². The Morgan fingerprint density at radius 1 is 0.773 bits per heavy atom. The second-order valence-electron chi connectivity index (χ2n) is 6.44. The van der Waals surface area contributed by atoms with Crippen molar-refractivity contribution >= 4 is 5.57 Å². The summed E-state index contributed by atoms with van der Waals surface area (Å²) >= 11 is 0. The van der Waals surface area contributed by atoms with Crippen molar-refractivity contribution in [2.24, 2.45) is 0 Å². The lowest BCUT2D eigenvalue weighted by atomic mass is 9.95. The van der Waals surface area contributed by atoms with Crippen molar-refractivity contribution in [3.63, 3.8) is 0 Å². The fourth-order valence-corrected chi connectivity index (χ4v) is 4.08. The quantitative estimate of drug-likeness (QED) is 0.744. The van der Waals surface area contributed by atoms with Gasteiger partial charge in [0.1, 0.15) is 0 Å². The first-order valence-electron chi connectivity index (χ1n) is 8.54. The van der Waals surface area contributed by atoms with Crippen molar-refractivity contribution in [2.75, 3.05) is 6.54 Å². The number of rotatable bonds is 2. The van der Waals surface area contributed by atoms with Gasteiger partial charge in [-0.1, -0.05) is 60.7 Å². The van der Waals surface area contributed by atoms with Gasteiger partial charge in [0.05, 0.1) is 0 Å². The smallest absolute Gasteiger partial charge is 0.0290 e. The molecule has 1 heteroatoms. The summed E-state index contributed by atoms with van der Waals surface area (Å²) < 4.78 is 0. The van der Waals surface area contributed by atoms with Crippen LogP contribution in [0.5, 0.6) is 0 Å². The molecule has 1 unspecified atom stereocenters. The van der Waals surface area contributed by atoms with E-state index in [4.69, 9.17) is 0 Å². The highest BCUT2D eigenvalue weighted by atomic mass is 15.2. The Labute approximate surface area is 133 Å². The van der Waals surface area contributed by atoms with Crippen LogP contribution < -0.4 is 0 Å². The van der Waals surface area contributed by atoms with Crippen LogP contribution in [-0.4, -0.2) is 17.5 Å². The molecule has 2 heterocycles. The van der Waals surface area contributed by atoms with Crippen molar-refractivity contribution in [2.45, 2.75) is 38.1 Å². The first-order chi connectivity index (χ1) is 10.9. The minimum atomic E-state index is 0.783. The van der Waals surface area contributed by atoms with Gasteiger partial charge in [0.25, 0.3) is 0 Å². The number of benzene rings is 2. The molecule has 0 bridgehead atoms. The molecule has 2 aliphatic heterocycles. The Morgan fingerprint density at radius 3 is 2.05 bits per heavy atom. The van der Waals surface area contributed by atoms with Gasteiger partial charge in [0, 0.05) is 23.9 Å². The standard InChI is InChI=1S/C21H23N/c1-3-9-17(10-4-1)21(18-11-5-2-6-12-18)20-15-14-19-13-7-8-16-22(19)20/h1-6,9-12,19H,7-8,13-16H2. The Bertz CT molecular complexity index is 615. The summed E-state index contributed by atoms with van der Waals surface area (Å²) in [6.45, 7) is 1.24. The van der Waals surface area contributed by atoms with E-state index >= 15 is 0 Å². The number of hydrogen-bond acceptors (Lipinski definition) is 1. The Morgan fingerprint density at radius 2 is 1.41 bits per heavy atom. The molecule has 2 aromatic carbocycles. The van der Waals surface area contributed by atoms with Gasteiger partial charge in [-0.05, 0) is 43.2 Å². The lowest BCUT2D eigenvalue weighted by molar-refractivity contribution is 0.230. The molecular formula is C21H23N. The van der Waals surface area contributed by atoms with Gasteiger partial charge in [-0.15, -0.1) is 0 Å². The summed E-state index contributed by atoms with van der Waals surface area (Å²) in [5.74, 6) is 0. The largest absolute Gasteiger partial charge is 0.371 e. The van der Waals surface area contributed by atoms with Crippen molar-refractivity contribution in [1.29, 1.82) is 0 Å². The molecule has 0 spiro atoms. The van der Waals surface area contributed by atoms with Crippen LogP contribution in [0.3, 0.4) is 0 Å². The second kappa shape index (κ2) is 6.00. The van der Waals surface area contributed by atoms with E-state index in [0.29, 0.717) is 0 Å². The van der Waals surface area contributed by atoms with E-state index in [2.05, 4.69) is 65.6 Å². The maximum absolute atomic E-state index is 2.71. The van der Waals surface area contributed by atoms with Crippen LogP contribution in [0, 0.1) is 0 Å². The van der Waals surface area contributed by atoms with E-state index in [1.54, 1.807) is 5.70 Å². The van der Waals surface area contributed by atoms with E-state index in [1.165, 1.54) is 55.3 Å². The molecule has 0 amide bonds. The molecule has 1 atom stereocenters. The molecule has 0 N–H and O–H groups in total. The predicted octanol–water partition coefficient (Wildman–Crippen LogP) is 5.09. The average Bonchev–Trinajstić information content (AvgIpc) is 3.01. The van der Waals surface area contributed by atoms with Gasteiger partial charge in [-0.2, -0.15) is 0 Å². The van der Waals surface area contributed by atoms with Crippen LogP contribution in [-0.2, 0) is 0 Å². The third kappa shape index (κ3) is 2.45. The summed E-state index contributed by atoms with van der Waals surface area (Å²) in [6, 6.07) is 22.6. The van der Waals surface area contributed by atoms with Crippen LogP contribution >= 0.6 is 0 Å². The van der Waals surface area contributed by atoms with Crippen molar-refractivity contribution in [3.05, 3.63) is 77.5 Å². The topological polar surface area (TPSA) is 3.24 Å². The molecular weight excluding hydrogens is 266 g/mol. The van der Waals surface area contributed by atoms with E-state index in [0.717, 1.165) is 6.04 Å². The van der Waals surface area contributed by atoms with Gasteiger partial charge in [-0.3, -0.25) is 0 Å². The van der Waals surface area contributed by atoms with Crippen LogP contribution in [0.25, 0.3) is 5.57 Å². The fraction of sp³-hybridized carbons (Fsp3) is 0.333. The monoisotopic (exact) mass is 289 g/mol. The molecule has 0 aliphatic carbocycles. The highest BCUT2D eigenvalue weighted by Crippen LogP contribution is 2.40. The zero-order chi connectivity index (χ0) is 14.8. The second-order valence-corrected chi connectivity index (χ2v) is 6.44. The summed E-state index contributed by atoms with van der Waals surface area (Å²) in [5, 5.41) is 0. The molecule has 2 fully saturated rings. The summed E-state index contributed by atoms with van der Waals surface area (Å²) in [6.07, 6.45) is 6.68. The lowest BCUT2D eigenvalue weighted by Crippen LogP contribution is -2.33. The molecule has 0 radical (unpaired) electrons. The summed E-state index contributed by atoms with van der Waals surface area (Å²) in [4.78, 5) is 2.71. The third-order valence-electron chi connectivity index (χ3n) is 5.10. The van der Waals surface area contributed by atoms with Crippen LogP contribution in [0.1, 0.15) is 43.2 Å². The Hall–Kier alpha value is -2.02. The van der Waals surface area contributed by atoms with Crippen LogP contribution in [0.2, 0.25) is 0 Å².